The van der Waals surface area contributed by atoms with Crippen molar-refractivity contribution in [3.63, 3.8) is 0 Å². The van der Waals surface area contributed by atoms with E-state index >= 15 is 0 Å². The third-order valence-corrected chi connectivity index (χ3v) is 3.06. The van der Waals surface area contributed by atoms with E-state index in [1.165, 1.54) is 0 Å². The van der Waals surface area contributed by atoms with E-state index in [1.807, 2.05) is 6.92 Å². The van der Waals surface area contributed by atoms with Gasteiger partial charge in [0.2, 0.25) is 5.91 Å². The van der Waals surface area contributed by atoms with Gasteiger partial charge in [0.1, 0.15) is 0 Å². The summed E-state index contributed by atoms with van der Waals surface area (Å²) in [5, 5.41) is 12.9. The molecule has 0 aromatic heterocycles. The summed E-state index contributed by atoms with van der Waals surface area (Å²) in [6, 6.07) is 0. The van der Waals surface area contributed by atoms with Crippen LogP contribution in [0.25, 0.3) is 0 Å². The molecule has 1 rings (SSSR count). The van der Waals surface area contributed by atoms with E-state index in [2.05, 4.69) is 5.32 Å². The van der Waals surface area contributed by atoms with Crippen LogP contribution in [-0.4, -0.2) is 42.9 Å². The molecule has 0 spiro atoms. The first-order valence-electron chi connectivity index (χ1n) is 5.85. The number of aliphatic hydroxyl groups is 1. The summed E-state index contributed by atoms with van der Waals surface area (Å²) in [5.41, 5.74) is 4.59. The molecule has 1 aliphatic heterocycles. The van der Waals surface area contributed by atoms with Gasteiger partial charge in [-0.25, -0.2) is 0 Å². The van der Waals surface area contributed by atoms with E-state index in [-0.39, 0.29) is 11.8 Å². The monoisotopic (exact) mass is 230 g/mol. The fraction of sp³-hybridized carbons (Fsp3) is 0.909. The summed E-state index contributed by atoms with van der Waals surface area (Å²) in [4.78, 5) is 11.6. The average Bonchev–Trinajstić information content (AvgIpc) is 2.27. The maximum absolute atomic E-state index is 11.6. The standard InChI is InChI=1S/C11H22N2O3/c1-9(2-5-12)10(14)13-8-11(15)3-6-16-7-4-11/h9,15H,2-8,12H2,1H3,(H,13,14). The Morgan fingerprint density at radius 1 is 1.56 bits per heavy atom. The predicted molar refractivity (Wildman–Crippen MR) is 60.8 cm³/mol. The molecule has 1 unspecified atom stereocenters. The Hall–Kier alpha value is -0.650. The van der Waals surface area contributed by atoms with E-state index in [9.17, 15) is 9.90 Å². The summed E-state index contributed by atoms with van der Waals surface area (Å²) < 4.78 is 5.17. The largest absolute Gasteiger partial charge is 0.388 e. The van der Waals surface area contributed by atoms with Gasteiger partial charge in [-0.2, -0.15) is 0 Å². The Balaban J connectivity index is 2.29. The van der Waals surface area contributed by atoms with Gasteiger partial charge < -0.3 is 20.9 Å². The van der Waals surface area contributed by atoms with Crippen molar-refractivity contribution in [1.29, 1.82) is 0 Å². The molecule has 5 heteroatoms. The number of ether oxygens (including phenoxy) is 1. The molecular weight excluding hydrogens is 208 g/mol. The molecule has 0 aromatic rings. The molecule has 5 nitrogen and oxygen atoms in total. The number of nitrogens with two attached hydrogens (primary N) is 1. The quantitative estimate of drug-likeness (QED) is 0.601. The molecule has 0 saturated carbocycles. The Morgan fingerprint density at radius 2 is 2.19 bits per heavy atom. The minimum Gasteiger partial charge on any atom is -0.388 e. The fourth-order valence-corrected chi connectivity index (χ4v) is 1.74. The van der Waals surface area contributed by atoms with Crippen LogP contribution < -0.4 is 11.1 Å². The molecule has 1 saturated heterocycles. The summed E-state index contributed by atoms with van der Waals surface area (Å²) in [7, 11) is 0. The van der Waals surface area contributed by atoms with Gasteiger partial charge in [-0.15, -0.1) is 0 Å². The van der Waals surface area contributed by atoms with Crippen LogP contribution in [0.2, 0.25) is 0 Å². The molecule has 94 valence electrons. The zero-order valence-electron chi connectivity index (χ0n) is 9.87. The van der Waals surface area contributed by atoms with Gasteiger partial charge in [-0.3, -0.25) is 4.79 Å². The van der Waals surface area contributed by atoms with Crippen LogP contribution in [0.15, 0.2) is 0 Å². The van der Waals surface area contributed by atoms with Crippen LogP contribution in [0.5, 0.6) is 0 Å². The van der Waals surface area contributed by atoms with Crippen LogP contribution in [0.3, 0.4) is 0 Å². The molecule has 1 atom stereocenters. The lowest BCUT2D eigenvalue weighted by atomic mass is 9.94. The lowest BCUT2D eigenvalue weighted by Gasteiger charge is -2.32. The number of amides is 1. The molecule has 1 fully saturated rings. The first-order chi connectivity index (χ1) is 7.57. The zero-order valence-corrected chi connectivity index (χ0v) is 9.87. The molecule has 4 N–H and O–H groups in total. The maximum atomic E-state index is 11.6. The number of rotatable bonds is 5. The fourth-order valence-electron chi connectivity index (χ4n) is 1.74. The van der Waals surface area contributed by atoms with Crippen LogP contribution in [0, 0.1) is 5.92 Å². The van der Waals surface area contributed by atoms with Crippen molar-refractivity contribution in [2.45, 2.75) is 31.8 Å². The topological polar surface area (TPSA) is 84.6 Å². The van der Waals surface area contributed by atoms with E-state index in [1.54, 1.807) is 0 Å². The van der Waals surface area contributed by atoms with E-state index in [4.69, 9.17) is 10.5 Å². The summed E-state index contributed by atoms with van der Waals surface area (Å²) >= 11 is 0. The third kappa shape index (κ3) is 4.08. The highest BCUT2D eigenvalue weighted by molar-refractivity contribution is 5.78. The smallest absolute Gasteiger partial charge is 0.222 e. The van der Waals surface area contributed by atoms with Gasteiger partial charge in [0, 0.05) is 38.5 Å². The molecule has 1 heterocycles. The Kier molecular flexibility index (Phi) is 5.18. The number of carbonyl (C=O) groups is 1. The molecule has 0 radical (unpaired) electrons. The predicted octanol–water partition coefficient (Wildman–Crippen LogP) is -0.371. The molecular formula is C11H22N2O3. The van der Waals surface area contributed by atoms with Crippen molar-refractivity contribution >= 4 is 5.91 Å². The number of carbonyl (C=O) groups excluding carboxylic acids is 1. The van der Waals surface area contributed by atoms with Crippen molar-refractivity contribution in [3.8, 4) is 0 Å². The van der Waals surface area contributed by atoms with Crippen molar-refractivity contribution in [1.82, 2.24) is 5.32 Å². The van der Waals surface area contributed by atoms with E-state index < -0.39 is 5.60 Å². The first kappa shape index (κ1) is 13.4. The Labute approximate surface area is 96.3 Å². The third-order valence-electron chi connectivity index (χ3n) is 3.06. The number of hydrogen-bond acceptors (Lipinski definition) is 4. The molecule has 0 bridgehead atoms. The highest BCUT2D eigenvalue weighted by Gasteiger charge is 2.30. The maximum Gasteiger partial charge on any atom is 0.222 e. The minimum absolute atomic E-state index is 0.0367. The number of nitrogens with one attached hydrogen (secondary N) is 1. The Bertz CT molecular complexity index is 227. The van der Waals surface area contributed by atoms with E-state index in [0.717, 1.165) is 0 Å². The second kappa shape index (κ2) is 6.18. The van der Waals surface area contributed by atoms with Crippen LogP contribution >= 0.6 is 0 Å². The summed E-state index contributed by atoms with van der Waals surface area (Å²) in [5.74, 6) is -0.126. The highest BCUT2D eigenvalue weighted by Crippen LogP contribution is 2.19. The molecule has 0 aromatic carbocycles. The van der Waals surface area contributed by atoms with Gasteiger partial charge in [0.25, 0.3) is 0 Å². The van der Waals surface area contributed by atoms with Crippen molar-refractivity contribution in [2.75, 3.05) is 26.3 Å². The second-order valence-corrected chi connectivity index (χ2v) is 4.53. The SMILES string of the molecule is CC(CCN)C(=O)NCC1(O)CCOCC1. The second-order valence-electron chi connectivity index (χ2n) is 4.53. The van der Waals surface area contributed by atoms with Crippen LogP contribution in [-0.2, 0) is 9.53 Å². The van der Waals surface area contributed by atoms with Crippen molar-refractivity contribution in [3.05, 3.63) is 0 Å². The van der Waals surface area contributed by atoms with Crippen LogP contribution in [0.1, 0.15) is 26.2 Å². The highest BCUT2D eigenvalue weighted by atomic mass is 16.5. The van der Waals surface area contributed by atoms with Gasteiger partial charge in [0.15, 0.2) is 0 Å². The first-order valence-corrected chi connectivity index (χ1v) is 5.85. The molecule has 0 aliphatic carbocycles. The lowest BCUT2D eigenvalue weighted by Crippen LogP contribution is -2.47. The van der Waals surface area contributed by atoms with Crippen molar-refractivity contribution in [2.24, 2.45) is 11.7 Å². The number of hydrogen-bond donors (Lipinski definition) is 3. The van der Waals surface area contributed by atoms with E-state index in [0.29, 0.717) is 45.6 Å². The van der Waals surface area contributed by atoms with Gasteiger partial charge in [0.05, 0.1) is 5.60 Å². The summed E-state index contributed by atoms with van der Waals surface area (Å²) in [6.07, 6.45) is 1.84. The average molecular weight is 230 g/mol. The zero-order chi connectivity index (χ0) is 12.0. The normalized spacial score (nSPS) is 21.4. The van der Waals surface area contributed by atoms with Gasteiger partial charge in [-0.05, 0) is 13.0 Å². The molecule has 1 amide bonds. The van der Waals surface area contributed by atoms with Crippen molar-refractivity contribution < 1.29 is 14.6 Å². The van der Waals surface area contributed by atoms with Gasteiger partial charge >= 0.3 is 0 Å². The summed E-state index contributed by atoms with van der Waals surface area (Å²) in [6.45, 7) is 3.78. The van der Waals surface area contributed by atoms with Crippen LogP contribution in [0.4, 0.5) is 0 Å². The lowest BCUT2D eigenvalue weighted by molar-refractivity contribution is -0.127. The van der Waals surface area contributed by atoms with Gasteiger partial charge in [-0.1, -0.05) is 6.92 Å². The minimum atomic E-state index is -0.795. The molecule has 1 aliphatic rings. The molecule has 16 heavy (non-hydrogen) atoms. The Morgan fingerprint density at radius 3 is 2.75 bits per heavy atom.